The summed E-state index contributed by atoms with van der Waals surface area (Å²) >= 11 is 0. The number of nitriles is 2. The average Bonchev–Trinajstić information content (AvgIpc) is 3.19. The van der Waals surface area contributed by atoms with Crippen molar-refractivity contribution in [2.45, 2.75) is 25.9 Å². The van der Waals surface area contributed by atoms with Crippen LogP contribution < -0.4 is 0 Å². The van der Waals surface area contributed by atoms with Crippen molar-refractivity contribution in [2.24, 2.45) is 0 Å². The topological polar surface area (TPSA) is 57.4 Å². The molecule has 0 bridgehead atoms. The van der Waals surface area contributed by atoms with Crippen LogP contribution in [0.2, 0.25) is 0 Å². The lowest BCUT2D eigenvalue weighted by Gasteiger charge is -2.14. The van der Waals surface area contributed by atoms with Gasteiger partial charge in [0.1, 0.15) is 12.1 Å². The second-order valence-electron chi connectivity index (χ2n) is 7.61. The molecule has 1 aliphatic rings. The highest BCUT2D eigenvalue weighted by atomic mass is 15.1. The van der Waals surface area contributed by atoms with E-state index in [-0.39, 0.29) is 0 Å². The molecule has 0 spiro atoms. The summed E-state index contributed by atoms with van der Waals surface area (Å²) in [6.45, 7) is 3.14. The Hall–Kier alpha value is -3.76. The zero-order chi connectivity index (χ0) is 19.0. The number of hydrogen-bond acceptors (Lipinski definition) is 2. The molecular weight excluding hydrogens is 344 g/mol. The van der Waals surface area contributed by atoms with Crippen LogP contribution in [0, 0.1) is 22.7 Å². The Morgan fingerprint density at radius 2 is 1.39 bits per heavy atom. The highest BCUT2D eigenvalue weighted by molar-refractivity contribution is 6.26. The molecule has 2 aromatic heterocycles. The van der Waals surface area contributed by atoms with Gasteiger partial charge in [-0.1, -0.05) is 36.4 Å². The largest absolute Gasteiger partial charge is 0.339 e. The fraction of sp³-hybridized carbons (Fsp3) is 0.167. The SMILES string of the molecule is CC1CCn2c3ccccc3c3c(C#N)c(C#N)c4c5ccccc5n1c4c32. The van der Waals surface area contributed by atoms with Gasteiger partial charge in [-0.2, -0.15) is 10.5 Å². The second kappa shape index (κ2) is 5.15. The molecule has 3 heterocycles. The molecule has 0 N–H and O–H groups in total. The van der Waals surface area contributed by atoms with E-state index in [4.69, 9.17) is 0 Å². The number of rotatable bonds is 0. The first kappa shape index (κ1) is 15.3. The van der Waals surface area contributed by atoms with Crippen LogP contribution in [0.4, 0.5) is 0 Å². The highest BCUT2D eigenvalue weighted by Crippen LogP contribution is 2.45. The molecule has 3 aromatic carbocycles. The van der Waals surface area contributed by atoms with Crippen LogP contribution in [0.1, 0.15) is 30.5 Å². The van der Waals surface area contributed by atoms with E-state index in [1.54, 1.807) is 0 Å². The maximum Gasteiger partial charge on any atom is 0.101 e. The first-order valence-electron chi connectivity index (χ1n) is 9.56. The molecule has 0 radical (unpaired) electrons. The Labute approximate surface area is 161 Å². The standard InChI is InChI=1S/C24H16N4/c1-14-10-11-27-19-8-4-2-6-15(19)21-17(12-25)18(13-26)22-16-7-3-5-9-20(16)28(14)24(22)23(21)27/h2-9,14H,10-11H2,1H3. The molecule has 28 heavy (non-hydrogen) atoms. The number of para-hydroxylation sites is 2. The number of aryl methyl sites for hydroxylation is 1. The van der Waals surface area contributed by atoms with Crippen molar-refractivity contribution in [2.75, 3.05) is 0 Å². The van der Waals surface area contributed by atoms with Gasteiger partial charge >= 0.3 is 0 Å². The van der Waals surface area contributed by atoms with Crippen molar-refractivity contribution in [3.8, 4) is 12.1 Å². The first-order chi connectivity index (χ1) is 13.8. The fourth-order valence-electron chi connectivity index (χ4n) is 5.16. The van der Waals surface area contributed by atoms with Crippen molar-refractivity contribution in [3.05, 3.63) is 59.7 Å². The summed E-state index contributed by atoms with van der Waals surface area (Å²) in [4.78, 5) is 0. The Morgan fingerprint density at radius 1 is 0.821 bits per heavy atom. The normalized spacial score (nSPS) is 16.0. The summed E-state index contributed by atoms with van der Waals surface area (Å²) in [7, 11) is 0. The third kappa shape index (κ3) is 1.60. The van der Waals surface area contributed by atoms with Crippen LogP contribution in [0.15, 0.2) is 48.5 Å². The Bertz CT molecular complexity index is 1550. The van der Waals surface area contributed by atoms with Crippen molar-refractivity contribution in [3.63, 3.8) is 0 Å². The van der Waals surface area contributed by atoms with Gasteiger partial charge in [0.05, 0.1) is 22.2 Å². The van der Waals surface area contributed by atoms with Crippen LogP contribution in [0.25, 0.3) is 43.6 Å². The molecule has 0 amide bonds. The molecular formula is C24H16N4. The van der Waals surface area contributed by atoms with Gasteiger partial charge in [-0.3, -0.25) is 0 Å². The number of nitrogens with zero attached hydrogens (tertiary/aromatic N) is 4. The summed E-state index contributed by atoms with van der Waals surface area (Å²) in [6, 6.07) is 21.6. The molecule has 0 saturated carbocycles. The second-order valence-corrected chi connectivity index (χ2v) is 7.61. The van der Waals surface area contributed by atoms with Crippen molar-refractivity contribution in [1.82, 2.24) is 9.13 Å². The Balaban J connectivity index is 2.10. The molecule has 1 unspecified atom stereocenters. The molecule has 4 nitrogen and oxygen atoms in total. The van der Waals surface area contributed by atoms with Crippen LogP contribution in [0.3, 0.4) is 0 Å². The van der Waals surface area contributed by atoms with Crippen LogP contribution in [-0.2, 0) is 6.54 Å². The minimum Gasteiger partial charge on any atom is -0.339 e. The predicted octanol–water partition coefficient (Wildman–Crippen LogP) is 5.61. The average molecular weight is 360 g/mol. The van der Waals surface area contributed by atoms with E-state index in [1.165, 1.54) is 0 Å². The van der Waals surface area contributed by atoms with Gasteiger partial charge in [-0.05, 0) is 25.5 Å². The summed E-state index contributed by atoms with van der Waals surface area (Å²) in [5.41, 5.74) is 5.45. The Kier molecular flexibility index (Phi) is 2.82. The number of benzene rings is 3. The summed E-state index contributed by atoms with van der Waals surface area (Å²) in [5.74, 6) is 0. The van der Waals surface area contributed by atoms with Crippen molar-refractivity contribution >= 4 is 43.6 Å². The first-order valence-corrected chi connectivity index (χ1v) is 9.56. The van der Waals surface area contributed by atoms with Gasteiger partial charge in [0.2, 0.25) is 0 Å². The lowest BCUT2D eigenvalue weighted by Crippen LogP contribution is -2.05. The molecule has 1 atom stereocenters. The molecule has 6 rings (SSSR count). The third-order valence-electron chi connectivity index (χ3n) is 6.29. The number of fused-ring (bicyclic) bond motifs is 6. The maximum absolute atomic E-state index is 10.1. The van der Waals surface area contributed by atoms with E-state index in [9.17, 15) is 10.5 Å². The number of aromatic nitrogens is 2. The summed E-state index contributed by atoms with van der Waals surface area (Å²) in [6.07, 6.45) is 1.00. The van der Waals surface area contributed by atoms with Crippen molar-refractivity contribution in [1.29, 1.82) is 10.5 Å². The van der Waals surface area contributed by atoms with Gasteiger partial charge in [-0.15, -0.1) is 0 Å². The van der Waals surface area contributed by atoms with E-state index in [2.05, 4.69) is 52.5 Å². The zero-order valence-corrected chi connectivity index (χ0v) is 15.4. The van der Waals surface area contributed by atoms with Crippen LogP contribution in [-0.4, -0.2) is 9.13 Å². The smallest absolute Gasteiger partial charge is 0.101 e. The molecule has 132 valence electrons. The third-order valence-corrected chi connectivity index (χ3v) is 6.29. The molecule has 0 saturated heterocycles. The highest BCUT2D eigenvalue weighted by Gasteiger charge is 2.29. The van der Waals surface area contributed by atoms with Gasteiger partial charge in [0.15, 0.2) is 0 Å². The van der Waals surface area contributed by atoms with Crippen LogP contribution in [0.5, 0.6) is 0 Å². The van der Waals surface area contributed by atoms with Crippen molar-refractivity contribution < 1.29 is 0 Å². The van der Waals surface area contributed by atoms with Gasteiger partial charge in [0, 0.05) is 45.2 Å². The van der Waals surface area contributed by atoms with E-state index < -0.39 is 0 Å². The van der Waals surface area contributed by atoms with Crippen LogP contribution >= 0.6 is 0 Å². The van der Waals surface area contributed by atoms with Gasteiger partial charge in [-0.25, -0.2) is 0 Å². The van der Waals surface area contributed by atoms with E-state index in [0.717, 1.165) is 56.6 Å². The lowest BCUT2D eigenvalue weighted by atomic mass is 9.96. The minimum atomic E-state index is 0.309. The summed E-state index contributed by atoms with van der Waals surface area (Å²) in [5, 5.41) is 24.1. The lowest BCUT2D eigenvalue weighted by molar-refractivity contribution is 0.506. The quantitative estimate of drug-likeness (QED) is 0.360. The van der Waals surface area contributed by atoms with Gasteiger partial charge in [0.25, 0.3) is 0 Å². The molecule has 0 aliphatic carbocycles. The minimum absolute atomic E-state index is 0.309. The predicted molar refractivity (Wildman–Crippen MR) is 111 cm³/mol. The Morgan fingerprint density at radius 3 is 2.07 bits per heavy atom. The zero-order valence-electron chi connectivity index (χ0n) is 15.4. The van der Waals surface area contributed by atoms with E-state index in [1.807, 2.05) is 24.3 Å². The molecule has 5 aromatic rings. The van der Waals surface area contributed by atoms with E-state index >= 15 is 0 Å². The molecule has 4 heteroatoms. The van der Waals surface area contributed by atoms with E-state index in [0.29, 0.717) is 17.2 Å². The number of hydrogen-bond donors (Lipinski definition) is 0. The van der Waals surface area contributed by atoms with Gasteiger partial charge < -0.3 is 9.13 Å². The monoisotopic (exact) mass is 360 g/mol. The fourth-order valence-corrected chi connectivity index (χ4v) is 5.16. The maximum atomic E-state index is 10.1. The molecule has 0 fully saturated rings. The summed E-state index contributed by atoms with van der Waals surface area (Å²) < 4.78 is 4.74. The molecule has 1 aliphatic heterocycles.